The first-order chi connectivity index (χ1) is 22.6. The second-order valence-corrected chi connectivity index (χ2v) is 15.7. The van der Waals surface area contributed by atoms with Crippen LogP contribution in [0.1, 0.15) is 52.5 Å². The minimum absolute atomic E-state index is 0.0492. The molecule has 2 heterocycles. The molecule has 2 aliphatic heterocycles. The van der Waals surface area contributed by atoms with Crippen LogP contribution in [0.3, 0.4) is 0 Å². The molecule has 5 N–H and O–H groups in total. The normalized spacial score (nSPS) is 21.9. The molecule has 14 heteroatoms. The minimum atomic E-state index is -4.49. The lowest BCUT2D eigenvalue weighted by Gasteiger charge is -2.42. The number of fused-ring (bicyclic) bond motifs is 1. The highest BCUT2D eigenvalue weighted by molar-refractivity contribution is 7.92. The predicted octanol–water partition coefficient (Wildman–Crippen LogP) is 3.52. The molecule has 2 saturated heterocycles. The SMILES string of the molecule is COc1ccc(S(=O)(=O)C(N)(CC(C)(C)CCNC(=O)OC(C)C)[C@H](O)[C@H](Cc2ccccc2)NC(=O)O[C@H]2CO[C@H]3OCC[C@H]32)cc1. The summed E-state index contributed by atoms with van der Waals surface area (Å²) in [6.07, 6.45) is -3.79. The van der Waals surface area contributed by atoms with Crippen molar-refractivity contribution in [2.75, 3.05) is 26.9 Å². The van der Waals surface area contributed by atoms with Crippen molar-refractivity contribution in [2.24, 2.45) is 17.1 Å². The average Bonchev–Trinajstić information content (AvgIpc) is 3.65. The Hall–Kier alpha value is -3.43. The smallest absolute Gasteiger partial charge is 0.407 e. The molecule has 266 valence electrons. The quantitative estimate of drug-likeness (QED) is 0.214. The lowest BCUT2D eigenvalue weighted by Crippen LogP contribution is -2.65. The van der Waals surface area contributed by atoms with E-state index in [1.54, 1.807) is 52.0 Å². The molecule has 2 aliphatic rings. The van der Waals surface area contributed by atoms with E-state index in [-0.39, 0.29) is 42.9 Å². The van der Waals surface area contributed by atoms with E-state index < -0.39 is 56.8 Å². The third-order valence-electron chi connectivity index (χ3n) is 8.77. The zero-order valence-corrected chi connectivity index (χ0v) is 29.0. The Morgan fingerprint density at radius 1 is 1.06 bits per heavy atom. The maximum absolute atomic E-state index is 14.5. The number of carbonyl (C=O) groups is 2. The van der Waals surface area contributed by atoms with Gasteiger partial charge in [-0.3, -0.25) is 0 Å². The number of aliphatic hydroxyl groups excluding tert-OH is 1. The Kier molecular flexibility index (Phi) is 12.3. The van der Waals surface area contributed by atoms with Gasteiger partial charge in [-0.2, -0.15) is 0 Å². The number of benzene rings is 2. The summed E-state index contributed by atoms with van der Waals surface area (Å²) in [5.41, 5.74) is 6.85. The van der Waals surface area contributed by atoms with Crippen molar-refractivity contribution in [2.45, 2.75) is 93.8 Å². The molecule has 0 aliphatic carbocycles. The maximum Gasteiger partial charge on any atom is 0.407 e. The van der Waals surface area contributed by atoms with E-state index in [0.717, 1.165) is 5.56 Å². The van der Waals surface area contributed by atoms with Gasteiger partial charge in [-0.05, 0) is 74.8 Å². The average molecular weight is 692 g/mol. The topological polar surface area (TPSA) is 185 Å². The molecule has 13 nitrogen and oxygen atoms in total. The number of aliphatic hydroxyl groups is 1. The van der Waals surface area contributed by atoms with Crippen LogP contribution in [0.2, 0.25) is 0 Å². The summed E-state index contributed by atoms with van der Waals surface area (Å²) in [5, 5.41) is 17.6. The molecule has 0 radical (unpaired) electrons. The predicted molar refractivity (Wildman–Crippen MR) is 177 cm³/mol. The summed E-state index contributed by atoms with van der Waals surface area (Å²) < 4.78 is 56.3. The molecule has 2 fully saturated rings. The summed E-state index contributed by atoms with van der Waals surface area (Å²) in [5.74, 6) is 0.318. The second kappa shape index (κ2) is 15.9. The van der Waals surface area contributed by atoms with E-state index in [2.05, 4.69) is 10.6 Å². The molecule has 2 aromatic rings. The number of ether oxygens (including phenoxy) is 5. The van der Waals surface area contributed by atoms with Crippen LogP contribution in [-0.4, -0.2) is 88.1 Å². The Morgan fingerprint density at radius 3 is 2.40 bits per heavy atom. The minimum Gasteiger partial charge on any atom is -0.497 e. The zero-order valence-electron chi connectivity index (χ0n) is 28.2. The monoisotopic (exact) mass is 691 g/mol. The van der Waals surface area contributed by atoms with Gasteiger partial charge in [-0.15, -0.1) is 0 Å². The third kappa shape index (κ3) is 9.17. The lowest BCUT2D eigenvalue weighted by atomic mass is 9.79. The van der Waals surface area contributed by atoms with E-state index in [4.69, 9.17) is 29.4 Å². The van der Waals surface area contributed by atoms with Gasteiger partial charge in [0.15, 0.2) is 21.0 Å². The summed E-state index contributed by atoms with van der Waals surface area (Å²) >= 11 is 0. The lowest BCUT2D eigenvalue weighted by molar-refractivity contribution is -0.0907. The number of rotatable bonds is 15. The van der Waals surface area contributed by atoms with Crippen LogP contribution in [0.15, 0.2) is 59.5 Å². The third-order valence-corrected chi connectivity index (χ3v) is 11.0. The van der Waals surface area contributed by atoms with Crippen molar-refractivity contribution in [3.63, 3.8) is 0 Å². The molecule has 0 spiro atoms. The number of hydrogen-bond donors (Lipinski definition) is 4. The maximum atomic E-state index is 14.5. The number of alkyl carbamates (subject to hydrolysis) is 2. The Bertz CT molecular complexity index is 1470. The van der Waals surface area contributed by atoms with Crippen molar-refractivity contribution in [3.8, 4) is 5.75 Å². The van der Waals surface area contributed by atoms with Crippen molar-refractivity contribution in [3.05, 3.63) is 60.2 Å². The first kappa shape index (κ1) is 37.4. The van der Waals surface area contributed by atoms with Crippen LogP contribution in [0.25, 0.3) is 0 Å². The van der Waals surface area contributed by atoms with Gasteiger partial charge in [-0.25, -0.2) is 18.0 Å². The number of nitrogens with one attached hydrogen (secondary N) is 2. The van der Waals surface area contributed by atoms with Crippen LogP contribution in [0, 0.1) is 11.3 Å². The van der Waals surface area contributed by atoms with Gasteiger partial charge in [0, 0.05) is 6.54 Å². The van der Waals surface area contributed by atoms with E-state index in [1.165, 1.54) is 31.4 Å². The Labute approximate surface area is 282 Å². The fourth-order valence-corrected chi connectivity index (χ4v) is 8.24. The fourth-order valence-electron chi connectivity index (χ4n) is 6.25. The van der Waals surface area contributed by atoms with E-state index in [9.17, 15) is 23.1 Å². The van der Waals surface area contributed by atoms with Gasteiger partial charge >= 0.3 is 12.2 Å². The number of nitrogens with two attached hydrogens (primary N) is 1. The van der Waals surface area contributed by atoms with Crippen LogP contribution >= 0.6 is 0 Å². The number of hydrogen-bond acceptors (Lipinski definition) is 11. The van der Waals surface area contributed by atoms with Gasteiger partial charge in [0.1, 0.15) is 18.0 Å². The van der Waals surface area contributed by atoms with Crippen molar-refractivity contribution < 1.29 is 46.8 Å². The highest BCUT2D eigenvalue weighted by atomic mass is 32.2. The van der Waals surface area contributed by atoms with Gasteiger partial charge < -0.3 is 45.2 Å². The largest absolute Gasteiger partial charge is 0.497 e. The zero-order chi connectivity index (χ0) is 35.1. The number of amides is 2. The Balaban J connectivity index is 1.65. The van der Waals surface area contributed by atoms with E-state index in [0.29, 0.717) is 25.2 Å². The number of carbonyl (C=O) groups excluding carboxylic acids is 2. The van der Waals surface area contributed by atoms with Crippen LogP contribution in [0.4, 0.5) is 9.59 Å². The highest BCUT2D eigenvalue weighted by Gasteiger charge is 2.53. The molecular formula is C34H49N3O10S. The van der Waals surface area contributed by atoms with Gasteiger partial charge in [0.05, 0.1) is 43.3 Å². The summed E-state index contributed by atoms with van der Waals surface area (Å²) in [4.78, 5) is 23.0. The number of sulfone groups is 1. The highest BCUT2D eigenvalue weighted by Crippen LogP contribution is 2.39. The molecule has 0 aromatic heterocycles. The molecular weight excluding hydrogens is 642 g/mol. The fraction of sp³-hybridized carbons (Fsp3) is 0.588. The molecule has 0 saturated carbocycles. The van der Waals surface area contributed by atoms with Crippen LogP contribution in [0.5, 0.6) is 5.75 Å². The molecule has 1 unspecified atom stereocenters. The van der Waals surface area contributed by atoms with Crippen molar-refractivity contribution in [1.29, 1.82) is 0 Å². The molecule has 0 bridgehead atoms. The molecule has 2 aromatic carbocycles. The Morgan fingerprint density at radius 2 is 1.75 bits per heavy atom. The van der Waals surface area contributed by atoms with Gasteiger partial charge in [0.2, 0.25) is 0 Å². The molecule has 6 atom stereocenters. The van der Waals surface area contributed by atoms with Crippen LogP contribution < -0.4 is 21.1 Å². The summed E-state index contributed by atoms with van der Waals surface area (Å²) in [7, 11) is -3.03. The molecule has 48 heavy (non-hydrogen) atoms. The molecule has 2 amide bonds. The molecule has 4 rings (SSSR count). The van der Waals surface area contributed by atoms with Crippen molar-refractivity contribution >= 4 is 22.0 Å². The summed E-state index contributed by atoms with van der Waals surface area (Å²) in [6.45, 7) is 7.89. The first-order valence-corrected chi connectivity index (χ1v) is 17.7. The van der Waals surface area contributed by atoms with Gasteiger partial charge in [0.25, 0.3) is 0 Å². The second-order valence-electron chi connectivity index (χ2n) is 13.5. The standard InChI is InChI=1S/C34H49N3O10S/c1-22(2)46-31(39)36-17-16-33(3,4)21-34(35,48(41,42)25-13-11-24(43-5)12-14-25)29(38)27(19-23-9-7-6-8-10-23)37-32(40)47-28-20-45-30-26(28)15-18-44-30/h6-14,22,26-30,38H,15-21,35H2,1-5H3,(H,36,39)(H,37,40)/t26-,27-,28-,29+,30+,34?/m0/s1. The van der Waals surface area contributed by atoms with Crippen molar-refractivity contribution in [1.82, 2.24) is 10.6 Å². The van der Waals surface area contributed by atoms with E-state index >= 15 is 0 Å². The van der Waals surface area contributed by atoms with Crippen LogP contribution in [-0.2, 0) is 35.2 Å². The van der Waals surface area contributed by atoms with E-state index in [1.807, 2.05) is 6.07 Å². The summed E-state index contributed by atoms with van der Waals surface area (Å²) in [6, 6.07) is 13.6. The number of methoxy groups -OCH3 is 1. The van der Waals surface area contributed by atoms with Gasteiger partial charge in [-0.1, -0.05) is 44.2 Å². The first-order valence-electron chi connectivity index (χ1n) is 16.2.